The molecule has 1 aromatic rings. The number of anilines is 1. The number of rotatable bonds is 8. The lowest BCUT2D eigenvalue weighted by Gasteiger charge is -2.13. The molecule has 6 heteroatoms. The highest BCUT2D eigenvalue weighted by atomic mass is 32.2. The second-order valence-corrected chi connectivity index (χ2v) is 6.91. The summed E-state index contributed by atoms with van der Waals surface area (Å²) in [6.45, 7) is 3.88. The first-order valence-corrected chi connectivity index (χ1v) is 8.35. The summed E-state index contributed by atoms with van der Waals surface area (Å²) in [5.74, 6) is -1.18. The van der Waals surface area contributed by atoms with Crippen molar-refractivity contribution in [1.29, 1.82) is 0 Å². The largest absolute Gasteiger partial charge is 0.481 e. The molecule has 0 saturated heterocycles. The summed E-state index contributed by atoms with van der Waals surface area (Å²) in [5, 5.41) is 12.1. The molecule has 20 heavy (non-hydrogen) atoms. The molecule has 0 bridgehead atoms. The van der Waals surface area contributed by atoms with Crippen LogP contribution in [0, 0.1) is 5.92 Å². The van der Waals surface area contributed by atoms with Crippen molar-refractivity contribution in [3.8, 4) is 0 Å². The zero-order chi connectivity index (χ0) is 15.2. The van der Waals surface area contributed by atoms with E-state index >= 15 is 0 Å². The van der Waals surface area contributed by atoms with Gasteiger partial charge in [-0.15, -0.1) is 0 Å². The highest BCUT2D eigenvalue weighted by molar-refractivity contribution is 7.91. The fourth-order valence-corrected chi connectivity index (χ4v) is 2.73. The molecule has 0 fully saturated rings. The Kier molecular flexibility index (Phi) is 6.01. The third kappa shape index (κ3) is 4.52. The molecule has 1 atom stereocenters. The van der Waals surface area contributed by atoms with Crippen molar-refractivity contribution in [2.45, 2.75) is 31.6 Å². The molecule has 0 aliphatic rings. The first-order valence-electron chi connectivity index (χ1n) is 6.70. The van der Waals surface area contributed by atoms with E-state index in [-0.39, 0.29) is 10.6 Å². The molecule has 1 unspecified atom stereocenters. The zero-order valence-corrected chi connectivity index (χ0v) is 12.6. The molecule has 1 rings (SSSR count). The van der Waals surface area contributed by atoms with Crippen molar-refractivity contribution in [1.82, 2.24) is 0 Å². The summed E-state index contributed by atoms with van der Waals surface area (Å²) in [6, 6.07) is 6.40. The number of aliphatic carboxylic acids is 1. The van der Waals surface area contributed by atoms with Gasteiger partial charge in [-0.1, -0.05) is 20.3 Å². The number of nitrogens with one attached hydrogen (secondary N) is 1. The third-order valence-corrected chi connectivity index (χ3v) is 4.88. The molecule has 0 aliphatic carbocycles. The summed E-state index contributed by atoms with van der Waals surface area (Å²) in [7, 11) is -3.19. The SMILES string of the molecule is CCCC(CNc1ccc(S(=O)(=O)CC)cc1)C(=O)O. The first-order chi connectivity index (χ1) is 9.40. The van der Waals surface area contributed by atoms with Crippen LogP contribution in [-0.4, -0.2) is 31.8 Å². The van der Waals surface area contributed by atoms with Gasteiger partial charge in [-0.3, -0.25) is 4.79 Å². The van der Waals surface area contributed by atoms with Crippen LogP contribution in [0.15, 0.2) is 29.2 Å². The van der Waals surface area contributed by atoms with E-state index in [2.05, 4.69) is 5.32 Å². The fraction of sp³-hybridized carbons (Fsp3) is 0.500. The van der Waals surface area contributed by atoms with Gasteiger partial charge in [0.25, 0.3) is 0 Å². The minimum Gasteiger partial charge on any atom is -0.481 e. The van der Waals surface area contributed by atoms with Crippen molar-refractivity contribution < 1.29 is 18.3 Å². The molecule has 112 valence electrons. The third-order valence-electron chi connectivity index (χ3n) is 3.13. The van der Waals surface area contributed by atoms with Gasteiger partial charge in [0, 0.05) is 12.2 Å². The quantitative estimate of drug-likeness (QED) is 0.770. The maximum absolute atomic E-state index is 11.7. The van der Waals surface area contributed by atoms with Gasteiger partial charge in [0.15, 0.2) is 9.84 Å². The molecular formula is C14H21NO4S. The lowest BCUT2D eigenvalue weighted by atomic mass is 10.0. The fourth-order valence-electron chi connectivity index (χ4n) is 1.85. The van der Waals surface area contributed by atoms with Crippen LogP contribution in [0.3, 0.4) is 0 Å². The van der Waals surface area contributed by atoms with Crippen molar-refractivity contribution in [2.75, 3.05) is 17.6 Å². The summed E-state index contributed by atoms with van der Waals surface area (Å²) in [6.07, 6.45) is 1.43. The van der Waals surface area contributed by atoms with Crippen LogP contribution in [0.2, 0.25) is 0 Å². The zero-order valence-electron chi connectivity index (χ0n) is 11.8. The standard InChI is InChI=1S/C14H21NO4S/c1-3-5-11(14(16)17)10-15-12-6-8-13(9-7-12)20(18,19)4-2/h6-9,11,15H,3-5,10H2,1-2H3,(H,16,17). The Morgan fingerprint density at radius 1 is 1.25 bits per heavy atom. The Morgan fingerprint density at radius 3 is 2.30 bits per heavy atom. The minimum absolute atomic E-state index is 0.0668. The second-order valence-electron chi connectivity index (χ2n) is 4.63. The maximum Gasteiger partial charge on any atom is 0.308 e. The van der Waals surface area contributed by atoms with E-state index in [0.29, 0.717) is 13.0 Å². The molecule has 0 heterocycles. The minimum atomic E-state index is -3.19. The molecule has 0 radical (unpaired) electrons. The van der Waals surface area contributed by atoms with Crippen LogP contribution in [-0.2, 0) is 14.6 Å². The number of hydrogen-bond donors (Lipinski definition) is 2. The Morgan fingerprint density at radius 2 is 1.85 bits per heavy atom. The molecule has 0 saturated carbocycles. The number of benzene rings is 1. The molecule has 0 aliphatic heterocycles. The topological polar surface area (TPSA) is 83.5 Å². The maximum atomic E-state index is 11.7. The predicted octanol–water partition coefficient (Wildman–Crippen LogP) is 2.39. The molecule has 1 aromatic carbocycles. The van der Waals surface area contributed by atoms with Gasteiger partial charge in [0.2, 0.25) is 0 Å². The highest BCUT2D eigenvalue weighted by Crippen LogP contribution is 2.16. The van der Waals surface area contributed by atoms with Gasteiger partial charge in [0.1, 0.15) is 0 Å². The smallest absolute Gasteiger partial charge is 0.308 e. The number of carbonyl (C=O) groups is 1. The van der Waals surface area contributed by atoms with Crippen LogP contribution in [0.4, 0.5) is 5.69 Å². The lowest BCUT2D eigenvalue weighted by molar-refractivity contribution is -0.141. The number of sulfone groups is 1. The van der Waals surface area contributed by atoms with Gasteiger partial charge in [-0.05, 0) is 30.7 Å². The van der Waals surface area contributed by atoms with Crippen molar-refractivity contribution in [3.05, 3.63) is 24.3 Å². The Bertz CT molecular complexity index is 537. The van der Waals surface area contributed by atoms with Crippen LogP contribution < -0.4 is 5.32 Å². The number of carboxylic acid groups (broad SMARTS) is 1. The van der Waals surface area contributed by atoms with E-state index in [1.807, 2.05) is 6.92 Å². The van der Waals surface area contributed by atoms with Gasteiger partial charge in [-0.2, -0.15) is 0 Å². The van der Waals surface area contributed by atoms with Crippen molar-refractivity contribution in [3.63, 3.8) is 0 Å². The van der Waals surface area contributed by atoms with E-state index in [0.717, 1.165) is 12.1 Å². The molecule has 0 amide bonds. The second kappa shape index (κ2) is 7.28. The number of hydrogen-bond acceptors (Lipinski definition) is 4. The Balaban J connectivity index is 2.68. The molecule has 5 nitrogen and oxygen atoms in total. The molecule has 2 N–H and O–H groups in total. The average Bonchev–Trinajstić information content (AvgIpc) is 2.43. The first kappa shape index (κ1) is 16.5. The van der Waals surface area contributed by atoms with E-state index in [4.69, 9.17) is 5.11 Å². The summed E-state index contributed by atoms with van der Waals surface area (Å²) < 4.78 is 23.3. The van der Waals surface area contributed by atoms with E-state index < -0.39 is 21.7 Å². The van der Waals surface area contributed by atoms with Gasteiger partial charge in [-0.25, -0.2) is 8.42 Å². The summed E-state index contributed by atoms with van der Waals surface area (Å²) >= 11 is 0. The normalized spacial score (nSPS) is 12.9. The molecule has 0 spiro atoms. The highest BCUT2D eigenvalue weighted by Gasteiger charge is 2.16. The van der Waals surface area contributed by atoms with Crippen LogP contribution in [0.1, 0.15) is 26.7 Å². The summed E-state index contributed by atoms with van der Waals surface area (Å²) in [5.41, 5.74) is 0.724. The Hall–Kier alpha value is -1.56. The number of carboxylic acids is 1. The van der Waals surface area contributed by atoms with E-state index in [9.17, 15) is 13.2 Å². The van der Waals surface area contributed by atoms with E-state index in [1.165, 1.54) is 12.1 Å². The molecular weight excluding hydrogens is 278 g/mol. The van der Waals surface area contributed by atoms with Crippen LogP contribution in [0.25, 0.3) is 0 Å². The van der Waals surface area contributed by atoms with Crippen molar-refractivity contribution >= 4 is 21.5 Å². The lowest BCUT2D eigenvalue weighted by Crippen LogP contribution is -2.22. The average molecular weight is 299 g/mol. The van der Waals surface area contributed by atoms with Crippen LogP contribution >= 0.6 is 0 Å². The Labute approximate surface area is 119 Å². The van der Waals surface area contributed by atoms with Gasteiger partial charge in [0.05, 0.1) is 16.6 Å². The summed E-state index contributed by atoms with van der Waals surface area (Å²) in [4.78, 5) is 11.3. The van der Waals surface area contributed by atoms with Crippen molar-refractivity contribution in [2.24, 2.45) is 5.92 Å². The predicted molar refractivity (Wildman–Crippen MR) is 78.7 cm³/mol. The monoisotopic (exact) mass is 299 g/mol. The van der Waals surface area contributed by atoms with Gasteiger partial charge >= 0.3 is 5.97 Å². The molecule has 0 aromatic heterocycles. The van der Waals surface area contributed by atoms with E-state index in [1.54, 1.807) is 19.1 Å². The van der Waals surface area contributed by atoms with Crippen LogP contribution in [0.5, 0.6) is 0 Å². The van der Waals surface area contributed by atoms with Gasteiger partial charge < -0.3 is 10.4 Å².